The van der Waals surface area contributed by atoms with Gasteiger partial charge in [0.05, 0.1) is 18.5 Å². The van der Waals surface area contributed by atoms with Crippen molar-refractivity contribution in [2.45, 2.75) is 19.4 Å². The summed E-state index contributed by atoms with van der Waals surface area (Å²) < 4.78 is 0. The van der Waals surface area contributed by atoms with Gasteiger partial charge in [-0.05, 0) is 30.5 Å². The summed E-state index contributed by atoms with van der Waals surface area (Å²) >= 11 is 0. The van der Waals surface area contributed by atoms with Crippen molar-refractivity contribution in [2.24, 2.45) is 5.92 Å². The first-order chi connectivity index (χ1) is 12.1. The number of aliphatic carboxylic acids is 1. The van der Waals surface area contributed by atoms with Crippen molar-refractivity contribution in [2.75, 3.05) is 18.0 Å². The fraction of sp³-hybridized carbons (Fsp3) is 0.300. The number of nitrogens with one attached hydrogen (secondary N) is 1. The molecule has 1 aliphatic heterocycles. The largest absolute Gasteiger partial charge is 0.481 e. The van der Waals surface area contributed by atoms with Crippen LogP contribution in [0.5, 0.6) is 0 Å². The minimum Gasteiger partial charge on any atom is -0.481 e. The quantitative estimate of drug-likeness (QED) is 0.849. The molecule has 0 fully saturated rings. The Bertz CT molecular complexity index is 761. The minimum atomic E-state index is -0.930. The number of amides is 1. The summed E-state index contributed by atoms with van der Waals surface area (Å²) in [6.07, 6.45) is 0.928. The highest BCUT2D eigenvalue weighted by atomic mass is 16.4. The number of hydrogen-bond acceptors (Lipinski definition) is 3. The van der Waals surface area contributed by atoms with Crippen LogP contribution in [0.25, 0.3) is 0 Å². The van der Waals surface area contributed by atoms with Crippen LogP contribution >= 0.6 is 0 Å². The number of hydrogen-bond donors (Lipinski definition) is 2. The third kappa shape index (κ3) is 3.82. The van der Waals surface area contributed by atoms with E-state index in [0.717, 1.165) is 24.2 Å². The van der Waals surface area contributed by atoms with Crippen molar-refractivity contribution >= 4 is 17.6 Å². The molecule has 5 heteroatoms. The van der Waals surface area contributed by atoms with E-state index in [0.29, 0.717) is 0 Å². The maximum Gasteiger partial charge on any atom is 0.308 e. The van der Waals surface area contributed by atoms with Gasteiger partial charge in [0.1, 0.15) is 0 Å². The van der Waals surface area contributed by atoms with Crippen LogP contribution < -0.4 is 10.2 Å². The summed E-state index contributed by atoms with van der Waals surface area (Å²) in [6.45, 7) is 2.65. The second-order valence-electron chi connectivity index (χ2n) is 6.38. The molecule has 0 radical (unpaired) electrons. The highest BCUT2D eigenvalue weighted by Gasteiger charge is 2.28. The zero-order valence-electron chi connectivity index (χ0n) is 14.2. The predicted molar refractivity (Wildman–Crippen MR) is 96.5 cm³/mol. The van der Waals surface area contributed by atoms with Crippen LogP contribution in [-0.4, -0.2) is 30.1 Å². The van der Waals surface area contributed by atoms with Crippen LogP contribution in [0.4, 0.5) is 5.69 Å². The van der Waals surface area contributed by atoms with E-state index in [1.807, 2.05) is 53.4 Å². The molecule has 1 heterocycles. The molecule has 2 atom stereocenters. The molecular formula is C20H22N2O3. The van der Waals surface area contributed by atoms with Crippen LogP contribution in [0.15, 0.2) is 54.6 Å². The lowest BCUT2D eigenvalue weighted by Crippen LogP contribution is -2.41. The normalized spacial score (nSPS) is 15.3. The number of fused-ring (bicyclic) bond motifs is 1. The first kappa shape index (κ1) is 17.0. The van der Waals surface area contributed by atoms with Gasteiger partial charge in [0.25, 0.3) is 0 Å². The van der Waals surface area contributed by atoms with Crippen LogP contribution in [0.3, 0.4) is 0 Å². The van der Waals surface area contributed by atoms with Gasteiger partial charge in [-0.1, -0.05) is 48.5 Å². The number of rotatable bonds is 6. The Hall–Kier alpha value is -2.82. The third-order valence-electron chi connectivity index (χ3n) is 4.68. The maximum atomic E-state index is 12.6. The highest BCUT2D eigenvalue weighted by Crippen LogP contribution is 2.27. The van der Waals surface area contributed by atoms with Crippen molar-refractivity contribution in [1.29, 1.82) is 0 Å². The molecule has 2 unspecified atom stereocenters. The van der Waals surface area contributed by atoms with Crippen molar-refractivity contribution in [1.82, 2.24) is 5.32 Å². The zero-order valence-corrected chi connectivity index (χ0v) is 14.2. The van der Waals surface area contributed by atoms with Crippen LogP contribution in [0.2, 0.25) is 0 Å². The van der Waals surface area contributed by atoms with E-state index in [2.05, 4.69) is 11.4 Å². The first-order valence-corrected chi connectivity index (χ1v) is 8.46. The lowest BCUT2D eigenvalue weighted by Gasteiger charge is -2.25. The number of nitrogens with zero attached hydrogens (tertiary/aromatic N) is 1. The number of para-hydroxylation sites is 1. The monoisotopic (exact) mass is 338 g/mol. The Balaban J connectivity index is 1.72. The Morgan fingerprint density at radius 2 is 1.80 bits per heavy atom. The summed E-state index contributed by atoms with van der Waals surface area (Å²) in [5, 5.41) is 12.3. The molecule has 3 rings (SSSR count). The van der Waals surface area contributed by atoms with Crippen molar-refractivity contribution < 1.29 is 14.7 Å². The van der Waals surface area contributed by atoms with Gasteiger partial charge >= 0.3 is 5.97 Å². The molecule has 0 aliphatic carbocycles. The molecule has 0 spiro atoms. The SMILES string of the molecule is CC(C(=O)O)C(NC(=O)CN1CCc2ccccc21)c1ccccc1. The lowest BCUT2D eigenvalue weighted by molar-refractivity contribution is -0.142. The van der Waals surface area contributed by atoms with Gasteiger partial charge in [-0.3, -0.25) is 9.59 Å². The summed E-state index contributed by atoms with van der Waals surface area (Å²) in [7, 11) is 0. The average Bonchev–Trinajstić information content (AvgIpc) is 3.03. The molecule has 1 aliphatic rings. The molecule has 2 N–H and O–H groups in total. The van der Waals surface area contributed by atoms with E-state index in [9.17, 15) is 14.7 Å². The molecule has 5 nitrogen and oxygen atoms in total. The van der Waals surface area contributed by atoms with Gasteiger partial charge in [-0.25, -0.2) is 0 Å². The number of carboxylic acid groups (broad SMARTS) is 1. The van der Waals surface area contributed by atoms with E-state index in [4.69, 9.17) is 0 Å². The minimum absolute atomic E-state index is 0.168. The standard InChI is InChI=1S/C20H22N2O3/c1-14(20(24)25)19(16-8-3-2-4-9-16)21-18(23)13-22-12-11-15-7-5-6-10-17(15)22/h2-10,14,19H,11-13H2,1H3,(H,21,23)(H,24,25). The molecule has 25 heavy (non-hydrogen) atoms. The first-order valence-electron chi connectivity index (χ1n) is 8.46. The van der Waals surface area contributed by atoms with Gasteiger partial charge in [-0.15, -0.1) is 0 Å². The molecule has 0 saturated carbocycles. The van der Waals surface area contributed by atoms with E-state index in [-0.39, 0.29) is 12.5 Å². The van der Waals surface area contributed by atoms with Gasteiger partial charge in [0.2, 0.25) is 5.91 Å². The van der Waals surface area contributed by atoms with Gasteiger partial charge < -0.3 is 15.3 Å². The molecule has 2 aromatic carbocycles. The number of anilines is 1. The van der Waals surface area contributed by atoms with E-state index in [1.165, 1.54) is 5.56 Å². The molecule has 0 aromatic heterocycles. The predicted octanol–water partition coefficient (Wildman–Crippen LogP) is 2.63. The second kappa shape index (κ2) is 7.38. The Morgan fingerprint density at radius 3 is 2.52 bits per heavy atom. The smallest absolute Gasteiger partial charge is 0.308 e. The second-order valence-corrected chi connectivity index (χ2v) is 6.38. The summed E-state index contributed by atoms with van der Waals surface area (Å²) in [4.78, 5) is 26.1. The van der Waals surface area contributed by atoms with E-state index in [1.54, 1.807) is 6.92 Å². The van der Waals surface area contributed by atoms with Gasteiger partial charge in [0, 0.05) is 12.2 Å². The molecule has 130 valence electrons. The number of carbonyl (C=O) groups is 2. The Kier molecular flexibility index (Phi) is 5.03. The van der Waals surface area contributed by atoms with Crippen molar-refractivity contribution in [3.63, 3.8) is 0 Å². The van der Waals surface area contributed by atoms with E-state index >= 15 is 0 Å². The number of carboxylic acids is 1. The summed E-state index contributed by atoms with van der Waals surface area (Å²) in [6, 6.07) is 16.8. The maximum absolute atomic E-state index is 12.6. The van der Waals surface area contributed by atoms with E-state index < -0.39 is 17.9 Å². The third-order valence-corrected chi connectivity index (χ3v) is 4.68. The van der Waals surface area contributed by atoms with Gasteiger partial charge in [0.15, 0.2) is 0 Å². The summed E-state index contributed by atoms with van der Waals surface area (Å²) in [5.74, 6) is -1.81. The van der Waals surface area contributed by atoms with Crippen LogP contribution in [0, 0.1) is 5.92 Å². The van der Waals surface area contributed by atoms with Crippen LogP contribution in [-0.2, 0) is 16.0 Å². The molecule has 1 amide bonds. The molecule has 0 bridgehead atoms. The molecular weight excluding hydrogens is 316 g/mol. The Morgan fingerprint density at radius 1 is 1.12 bits per heavy atom. The molecule has 2 aromatic rings. The topological polar surface area (TPSA) is 69.6 Å². The Labute approximate surface area is 147 Å². The fourth-order valence-electron chi connectivity index (χ4n) is 3.26. The number of carbonyl (C=O) groups excluding carboxylic acids is 1. The lowest BCUT2D eigenvalue weighted by atomic mass is 9.94. The fourth-order valence-corrected chi connectivity index (χ4v) is 3.26. The highest BCUT2D eigenvalue weighted by molar-refractivity contribution is 5.83. The van der Waals surface area contributed by atoms with Crippen molar-refractivity contribution in [3.8, 4) is 0 Å². The van der Waals surface area contributed by atoms with Gasteiger partial charge in [-0.2, -0.15) is 0 Å². The van der Waals surface area contributed by atoms with Crippen LogP contribution in [0.1, 0.15) is 24.1 Å². The van der Waals surface area contributed by atoms with Crippen molar-refractivity contribution in [3.05, 3.63) is 65.7 Å². The average molecular weight is 338 g/mol. The number of benzene rings is 2. The zero-order chi connectivity index (χ0) is 17.8. The molecule has 0 saturated heterocycles. The summed E-state index contributed by atoms with van der Waals surface area (Å²) in [5.41, 5.74) is 3.13.